The van der Waals surface area contributed by atoms with E-state index in [1.165, 1.54) is 27.7 Å². The van der Waals surface area contributed by atoms with E-state index in [0.29, 0.717) is 6.42 Å². The van der Waals surface area contributed by atoms with Crippen LogP contribution in [0.4, 0.5) is 0 Å². The molecule has 0 aliphatic rings. The second kappa shape index (κ2) is 3.78. The zero-order chi connectivity index (χ0) is 11.9. The van der Waals surface area contributed by atoms with Crippen LogP contribution in [-0.2, 0) is 18.3 Å². The lowest BCUT2D eigenvalue weighted by atomic mass is 10.0. The number of rotatable bonds is 2. The Labute approximate surface area is 95.9 Å². The highest BCUT2D eigenvalue weighted by Gasteiger charge is 2.12. The zero-order valence-corrected chi connectivity index (χ0v) is 10.3. The minimum Gasteiger partial charge on any atom is -0.348 e. The molecule has 84 valence electrons. The number of Topliss-reactive ketones (excluding diaryl/α,β-unsaturated/α-hetero) is 1. The van der Waals surface area contributed by atoms with E-state index in [9.17, 15) is 4.79 Å². The summed E-state index contributed by atoms with van der Waals surface area (Å²) >= 11 is 0. The van der Waals surface area contributed by atoms with E-state index in [1.54, 1.807) is 6.92 Å². The molecule has 2 nitrogen and oxygen atoms in total. The van der Waals surface area contributed by atoms with E-state index in [1.807, 2.05) is 0 Å². The predicted octanol–water partition coefficient (Wildman–Crippen LogP) is 2.93. The minimum atomic E-state index is 0.219. The van der Waals surface area contributed by atoms with Gasteiger partial charge in [0.05, 0.1) is 0 Å². The smallest absolute Gasteiger partial charge is 0.134 e. The van der Waals surface area contributed by atoms with Gasteiger partial charge in [-0.2, -0.15) is 0 Å². The van der Waals surface area contributed by atoms with Crippen LogP contribution in [0, 0.1) is 13.8 Å². The van der Waals surface area contributed by atoms with Crippen molar-refractivity contribution in [3.63, 3.8) is 0 Å². The van der Waals surface area contributed by atoms with Gasteiger partial charge in [0.15, 0.2) is 0 Å². The Morgan fingerprint density at radius 1 is 1.31 bits per heavy atom. The first-order chi connectivity index (χ1) is 7.50. The van der Waals surface area contributed by atoms with Gasteiger partial charge in [0, 0.05) is 30.1 Å². The molecular formula is C14H17NO. The first-order valence-electron chi connectivity index (χ1n) is 5.54. The second-order valence-corrected chi connectivity index (χ2v) is 4.52. The second-order valence-electron chi connectivity index (χ2n) is 4.52. The maximum atomic E-state index is 11.3. The number of fused-ring (bicyclic) bond motifs is 1. The molecule has 0 unspecified atom stereocenters. The average Bonchev–Trinajstić information content (AvgIpc) is 2.43. The van der Waals surface area contributed by atoms with Crippen LogP contribution in [0.15, 0.2) is 18.2 Å². The average molecular weight is 215 g/mol. The number of carbonyl (C=O) groups is 1. The molecule has 0 bridgehead atoms. The van der Waals surface area contributed by atoms with Gasteiger partial charge in [0.2, 0.25) is 0 Å². The van der Waals surface area contributed by atoms with Gasteiger partial charge in [-0.1, -0.05) is 12.1 Å². The summed E-state index contributed by atoms with van der Waals surface area (Å²) < 4.78 is 2.17. The van der Waals surface area contributed by atoms with E-state index in [0.717, 1.165) is 0 Å². The molecular weight excluding hydrogens is 198 g/mol. The fraction of sp³-hybridized carbons (Fsp3) is 0.357. The molecule has 0 radical (unpaired) electrons. The summed E-state index contributed by atoms with van der Waals surface area (Å²) in [6.45, 7) is 5.81. The van der Waals surface area contributed by atoms with E-state index in [-0.39, 0.29) is 5.78 Å². The van der Waals surface area contributed by atoms with Crippen molar-refractivity contribution in [3.05, 3.63) is 35.0 Å². The van der Waals surface area contributed by atoms with Gasteiger partial charge >= 0.3 is 0 Å². The van der Waals surface area contributed by atoms with E-state index >= 15 is 0 Å². The highest BCUT2D eigenvalue weighted by molar-refractivity contribution is 5.90. The third-order valence-electron chi connectivity index (χ3n) is 3.21. The molecule has 0 amide bonds. The molecule has 1 aromatic heterocycles. The summed E-state index contributed by atoms with van der Waals surface area (Å²) in [7, 11) is 2.06. The van der Waals surface area contributed by atoms with E-state index in [4.69, 9.17) is 0 Å². The van der Waals surface area contributed by atoms with Gasteiger partial charge in [-0.15, -0.1) is 0 Å². The third-order valence-corrected chi connectivity index (χ3v) is 3.21. The quantitative estimate of drug-likeness (QED) is 0.755. The van der Waals surface area contributed by atoms with Crippen LogP contribution in [0.3, 0.4) is 0 Å². The van der Waals surface area contributed by atoms with Crippen molar-refractivity contribution in [2.24, 2.45) is 7.05 Å². The molecule has 1 aromatic carbocycles. The first kappa shape index (κ1) is 10.9. The molecule has 0 N–H and O–H groups in total. The maximum Gasteiger partial charge on any atom is 0.134 e. The minimum absolute atomic E-state index is 0.219. The SMILES string of the molecule is CC(=O)Cc1c(C)n(C)c2cc(C)ccc12. The van der Waals surface area contributed by atoms with Crippen LogP contribution in [0.2, 0.25) is 0 Å². The van der Waals surface area contributed by atoms with Crippen LogP contribution in [-0.4, -0.2) is 10.4 Å². The predicted molar refractivity (Wildman–Crippen MR) is 66.8 cm³/mol. The van der Waals surface area contributed by atoms with Gasteiger partial charge in [-0.25, -0.2) is 0 Å². The summed E-state index contributed by atoms with van der Waals surface area (Å²) in [5.41, 5.74) is 4.83. The van der Waals surface area contributed by atoms with Crippen molar-refractivity contribution in [1.82, 2.24) is 4.57 Å². The maximum absolute atomic E-state index is 11.3. The van der Waals surface area contributed by atoms with E-state index < -0.39 is 0 Å². The monoisotopic (exact) mass is 215 g/mol. The van der Waals surface area contributed by atoms with Gasteiger partial charge in [0.25, 0.3) is 0 Å². The molecule has 0 fully saturated rings. The van der Waals surface area contributed by atoms with Gasteiger partial charge in [-0.3, -0.25) is 4.79 Å². The van der Waals surface area contributed by atoms with Crippen LogP contribution in [0.5, 0.6) is 0 Å². The Bertz CT molecular complexity index is 564. The summed E-state index contributed by atoms with van der Waals surface area (Å²) in [4.78, 5) is 11.3. The molecule has 0 spiro atoms. The number of aryl methyl sites for hydroxylation is 2. The largest absolute Gasteiger partial charge is 0.348 e. The Kier molecular flexibility index (Phi) is 2.58. The first-order valence-corrected chi connectivity index (χ1v) is 5.54. The summed E-state index contributed by atoms with van der Waals surface area (Å²) in [6.07, 6.45) is 0.534. The number of hydrogen-bond donors (Lipinski definition) is 0. The number of aromatic nitrogens is 1. The van der Waals surface area contributed by atoms with Crippen LogP contribution >= 0.6 is 0 Å². The topological polar surface area (TPSA) is 22.0 Å². The van der Waals surface area contributed by atoms with Crippen molar-refractivity contribution in [2.45, 2.75) is 27.2 Å². The third kappa shape index (κ3) is 1.64. The standard InChI is InChI=1S/C14H17NO/c1-9-5-6-12-13(8-10(2)16)11(3)15(4)14(12)7-9/h5-7H,8H2,1-4H3. The summed E-state index contributed by atoms with van der Waals surface area (Å²) in [5.74, 6) is 0.219. The van der Waals surface area contributed by atoms with Crippen LogP contribution in [0.1, 0.15) is 23.7 Å². The lowest BCUT2D eigenvalue weighted by Crippen LogP contribution is -1.98. The summed E-state index contributed by atoms with van der Waals surface area (Å²) in [6, 6.07) is 6.40. The van der Waals surface area contributed by atoms with Crippen molar-refractivity contribution in [3.8, 4) is 0 Å². The highest BCUT2D eigenvalue weighted by Crippen LogP contribution is 2.26. The normalized spacial score (nSPS) is 11.0. The zero-order valence-electron chi connectivity index (χ0n) is 10.3. The molecule has 1 heterocycles. The van der Waals surface area contributed by atoms with Crippen LogP contribution in [0.25, 0.3) is 10.9 Å². The molecule has 2 aromatic rings. The van der Waals surface area contributed by atoms with Crippen molar-refractivity contribution >= 4 is 16.7 Å². The molecule has 0 aliphatic carbocycles. The number of hydrogen-bond acceptors (Lipinski definition) is 1. The Balaban J connectivity index is 2.73. The molecule has 2 rings (SSSR count). The number of ketones is 1. The highest BCUT2D eigenvalue weighted by atomic mass is 16.1. The molecule has 0 saturated heterocycles. The Morgan fingerprint density at radius 3 is 2.62 bits per heavy atom. The number of nitrogens with zero attached hydrogens (tertiary/aromatic N) is 1. The molecule has 0 aliphatic heterocycles. The summed E-state index contributed by atoms with van der Waals surface area (Å²) in [5, 5.41) is 1.21. The van der Waals surface area contributed by atoms with Gasteiger partial charge < -0.3 is 4.57 Å². The van der Waals surface area contributed by atoms with Crippen molar-refractivity contribution in [2.75, 3.05) is 0 Å². The van der Waals surface area contributed by atoms with Gasteiger partial charge in [0.1, 0.15) is 5.78 Å². The lowest BCUT2D eigenvalue weighted by Gasteiger charge is -1.99. The fourth-order valence-electron chi connectivity index (χ4n) is 2.22. The number of carbonyl (C=O) groups excluding carboxylic acids is 1. The van der Waals surface area contributed by atoms with Crippen LogP contribution < -0.4 is 0 Å². The lowest BCUT2D eigenvalue weighted by molar-refractivity contribution is -0.116. The number of benzene rings is 1. The molecule has 0 saturated carbocycles. The van der Waals surface area contributed by atoms with E-state index in [2.05, 4.69) is 43.7 Å². The molecule has 2 heteroatoms. The fourth-order valence-corrected chi connectivity index (χ4v) is 2.22. The Hall–Kier alpha value is -1.57. The van der Waals surface area contributed by atoms with Crippen molar-refractivity contribution in [1.29, 1.82) is 0 Å². The molecule has 0 atom stereocenters. The Morgan fingerprint density at radius 2 is 2.00 bits per heavy atom. The molecule has 16 heavy (non-hydrogen) atoms. The van der Waals surface area contributed by atoms with Crippen molar-refractivity contribution < 1.29 is 4.79 Å². The van der Waals surface area contributed by atoms with Gasteiger partial charge in [-0.05, 0) is 38.0 Å².